The number of nitrogens with one attached hydrogen (secondary N) is 1. The lowest BCUT2D eigenvalue weighted by molar-refractivity contribution is 0.0931. The SMILES string of the molecule is CN(C)S(=O)(=O)c1ccc(Cl)c(C(=O)N[C@@H](c2ccccc2)C2CC2)c1. The summed E-state index contributed by atoms with van der Waals surface area (Å²) in [6, 6.07) is 13.9. The molecule has 2 aromatic rings. The number of sulfonamides is 1. The first kappa shape index (κ1) is 18.9. The second-order valence-corrected chi connectivity index (χ2v) is 9.19. The van der Waals surface area contributed by atoms with Gasteiger partial charge in [-0.2, -0.15) is 0 Å². The van der Waals surface area contributed by atoms with Crippen LogP contribution in [0.15, 0.2) is 53.4 Å². The van der Waals surface area contributed by atoms with Crippen LogP contribution >= 0.6 is 11.6 Å². The van der Waals surface area contributed by atoms with Crippen molar-refractivity contribution in [2.24, 2.45) is 5.92 Å². The summed E-state index contributed by atoms with van der Waals surface area (Å²) >= 11 is 6.18. The summed E-state index contributed by atoms with van der Waals surface area (Å²) in [6.45, 7) is 0. The highest BCUT2D eigenvalue weighted by atomic mass is 35.5. The average Bonchev–Trinajstić information content (AvgIpc) is 3.45. The van der Waals surface area contributed by atoms with Gasteiger partial charge in [0.25, 0.3) is 5.91 Å². The van der Waals surface area contributed by atoms with E-state index in [0.29, 0.717) is 5.92 Å². The number of rotatable bonds is 6. The number of carbonyl (C=O) groups is 1. The minimum absolute atomic E-state index is 0.0414. The van der Waals surface area contributed by atoms with Gasteiger partial charge < -0.3 is 5.32 Å². The van der Waals surface area contributed by atoms with Crippen LogP contribution < -0.4 is 5.32 Å². The van der Waals surface area contributed by atoms with Crippen molar-refractivity contribution in [2.75, 3.05) is 14.1 Å². The van der Waals surface area contributed by atoms with Crippen LogP contribution in [0.2, 0.25) is 5.02 Å². The van der Waals surface area contributed by atoms with Gasteiger partial charge in [0, 0.05) is 14.1 Å². The highest BCUT2D eigenvalue weighted by molar-refractivity contribution is 7.89. The maximum absolute atomic E-state index is 12.8. The van der Waals surface area contributed by atoms with Crippen LogP contribution in [0.3, 0.4) is 0 Å². The van der Waals surface area contributed by atoms with E-state index in [1.165, 1.54) is 32.3 Å². The van der Waals surface area contributed by atoms with E-state index in [-0.39, 0.29) is 27.4 Å². The fraction of sp³-hybridized carbons (Fsp3) is 0.316. The molecule has 0 heterocycles. The smallest absolute Gasteiger partial charge is 0.253 e. The van der Waals surface area contributed by atoms with E-state index in [0.717, 1.165) is 22.7 Å². The number of halogens is 1. The second-order valence-electron chi connectivity index (χ2n) is 6.63. The van der Waals surface area contributed by atoms with Crippen LogP contribution in [0.4, 0.5) is 0 Å². The fourth-order valence-electron chi connectivity index (χ4n) is 2.83. The zero-order chi connectivity index (χ0) is 18.9. The van der Waals surface area contributed by atoms with Crippen LogP contribution in [0, 0.1) is 5.92 Å². The maximum atomic E-state index is 12.8. The Hall–Kier alpha value is -1.89. The first-order valence-corrected chi connectivity index (χ1v) is 10.2. The van der Waals surface area contributed by atoms with E-state index < -0.39 is 10.0 Å². The molecule has 0 bridgehead atoms. The highest BCUT2D eigenvalue weighted by Gasteiger charge is 2.34. The zero-order valence-corrected chi connectivity index (χ0v) is 16.2. The molecule has 1 amide bonds. The normalized spacial score (nSPS) is 15.7. The first-order chi connectivity index (χ1) is 12.3. The Morgan fingerprint density at radius 3 is 2.38 bits per heavy atom. The molecule has 138 valence electrons. The van der Waals surface area contributed by atoms with Gasteiger partial charge in [0.15, 0.2) is 0 Å². The molecule has 26 heavy (non-hydrogen) atoms. The molecule has 3 rings (SSSR count). The minimum atomic E-state index is -3.64. The number of amides is 1. The Labute approximate surface area is 159 Å². The molecule has 5 nitrogen and oxygen atoms in total. The largest absolute Gasteiger partial charge is 0.345 e. The summed E-state index contributed by atoms with van der Waals surface area (Å²) in [6.07, 6.45) is 2.12. The van der Waals surface area contributed by atoms with Crippen LogP contribution in [0.25, 0.3) is 0 Å². The van der Waals surface area contributed by atoms with Gasteiger partial charge in [0.1, 0.15) is 0 Å². The molecular formula is C19H21ClN2O3S. The molecule has 1 aliphatic carbocycles. The first-order valence-electron chi connectivity index (χ1n) is 8.38. The van der Waals surface area contributed by atoms with E-state index in [2.05, 4.69) is 5.32 Å². The third-order valence-corrected chi connectivity index (χ3v) is 6.64. The molecule has 2 aromatic carbocycles. The van der Waals surface area contributed by atoms with E-state index in [9.17, 15) is 13.2 Å². The summed E-state index contributed by atoms with van der Waals surface area (Å²) in [5, 5.41) is 3.25. The third kappa shape index (κ3) is 3.92. The molecule has 0 saturated heterocycles. The molecule has 0 spiro atoms. The Bertz CT molecular complexity index is 910. The van der Waals surface area contributed by atoms with Crippen molar-refractivity contribution in [1.82, 2.24) is 9.62 Å². The van der Waals surface area contributed by atoms with Crippen molar-refractivity contribution in [3.05, 3.63) is 64.7 Å². The number of benzene rings is 2. The topological polar surface area (TPSA) is 66.5 Å². The number of hydrogen-bond donors (Lipinski definition) is 1. The molecule has 1 N–H and O–H groups in total. The van der Waals surface area contributed by atoms with Crippen molar-refractivity contribution < 1.29 is 13.2 Å². The summed E-state index contributed by atoms with van der Waals surface area (Å²) in [4.78, 5) is 12.9. The summed E-state index contributed by atoms with van der Waals surface area (Å²) < 4.78 is 25.8. The van der Waals surface area contributed by atoms with Gasteiger partial charge in [0.2, 0.25) is 10.0 Å². The zero-order valence-electron chi connectivity index (χ0n) is 14.6. The fourth-order valence-corrected chi connectivity index (χ4v) is 3.96. The van der Waals surface area contributed by atoms with Crippen molar-refractivity contribution in [3.8, 4) is 0 Å². The van der Waals surface area contributed by atoms with Gasteiger partial charge in [-0.05, 0) is 42.5 Å². The predicted octanol–water partition coefficient (Wildman–Crippen LogP) is 3.47. The molecular weight excluding hydrogens is 372 g/mol. The van der Waals surface area contributed by atoms with Gasteiger partial charge in [-0.25, -0.2) is 12.7 Å². The maximum Gasteiger partial charge on any atom is 0.253 e. The molecule has 7 heteroatoms. The summed E-state index contributed by atoms with van der Waals surface area (Å²) in [5.74, 6) is 0.0281. The lowest BCUT2D eigenvalue weighted by atomic mass is 10.0. The van der Waals surface area contributed by atoms with Crippen LogP contribution in [0.5, 0.6) is 0 Å². The molecule has 0 unspecified atom stereocenters. The van der Waals surface area contributed by atoms with E-state index in [1.54, 1.807) is 0 Å². The number of nitrogens with zero attached hydrogens (tertiary/aromatic N) is 1. The third-order valence-electron chi connectivity index (χ3n) is 4.50. The molecule has 1 saturated carbocycles. The Kier molecular flexibility index (Phi) is 5.37. The van der Waals surface area contributed by atoms with Gasteiger partial charge in [-0.1, -0.05) is 41.9 Å². The van der Waals surface area contributed by atoms with Crippen LogP contribution in [-0.2, 0) is 10.0 Å². The Morgan fingerprint density at radius 2 is 1.81 bits per heavy atom. The Balaban J connectivity index is 1.90. The van der Waals surface area contributed by atoms with Crippen LogP contribution in [-0.4, -0.2) is 32.7 Å². The van der Waals surface area contributed by atoms with Gasteiger partial charge in [-0.15, -0.1) is 0 Å². The summed E-state index contributed by atoms with van der Waals surface area (Å²) in [5.41, 5.74) is 1.20. The molecule has 0 radical (unpaired) electrons. The van der Waals surface area contributed by atoms with E-state index >= 15 is 0 Å². The molecule has 1 atom stereocenters. The van der Waals surface area contributed by atoms with Crippen molar-refractivity contribution in [1.29, 1.82) is 0 Å². The highest BCUT2D eigenvalue weighted by Crippen LogP contribution is 2.41. The van der Waals surface area contributed by atoms with Crippen LogP contribution in [0.1, 0.15) is 34.8 Å². The van der Waals surface area contributed by atoms with Crippen molar-refractivity contribution in [3.63, 3.8) is 0 Å². The second kappa shape index (κ2) is 7.39. The lowest BCUT2D eigenvalue weighted by Gasteiger charge is -2.20. The van der Waals surface area contributed by atoms with Crippen molar-refractivity contribution >= 4 is 27.5 Å². The van der Waals surface area contributed by atoms with E-state index in [4.69, 9.17) is 11.6 Å². The average molecular weight is 393 g/mol. The van der Waals surface area contributed by atoms with Gasteiger partial charge >= 0.3 is 0 Å². The van der Waals surface area contributed by atoms with Crippen molar-refractivity contribution in [2.45, 2.75) is 23.8 Å². The molecule has 1 aliphatic rings. The molecule has 1 fully saturated rings. The minimum Gasteiger partial charge on any atom is -0.345 e. The number of hydrogen-bond acceptors (Lipinski definition) is 3. The Morgan fingerprint density at radius 1 is 1.15 bits per heavy atom. The summed E-state index contributed by atoms with van der Waals surface area (Å²) in [7, 11) is -0.746. The monoisotopic (exact) mass is 392 g/mol. The molecule has 0 aliphatic heterocycles. The predicted molar refractivity (Wildman–Crippen MR) is 102 cm³/mol. The quantitative estimate of drug-likeness (QED) is 0.818. The van der Waals surface area contributed by atoms with Gasteiger partial charge in [-0.3, -0.25) is 4.79 Å². The molecule has 0 aromatic heterocycles. The lowest BCUT2D eigenvalue weighted by Crippen LogP contribution is -2.30. The van der Waals surface area contributed by atoms with Gasteiger partial charge in [0.05, 0.1) is 21.5 Å². The van der Waals surface area contributed by atoms with E-state index in [1.807, 2.05) is 30.3 Å². The number of carbonyl (C=O) groups excluding carboxylic acids is 1. The standard InChI is InChI=1S/C19H21ClN2O3S/c1-22(2)26(24,25)15-10-11-17(20)16(12-15)19(23)21-18(14-8-9-14)13-6-4-3-5-7-13/h3-7,10-12,14,18H,8-9H2,1-2H3,(H,21,23)/t18-/m0/s1.